The smallest absolute Gasteiger partial charge is 0.263 e. The van der Waals surface area contributed by atoms with Crippen molar-refractivity contribution in [3.63, 3.8) is 0 Å². The first-order valence-corrected chi connectivity index (χ1v) is 10.2. The molecule has 0 aliphatic carbocycles. The van der Waals surface area contributed by atoms with Crippen LogP contribution in [0, 0.1) is 12.8 Å². The Bertz CT molecular complexity index is 894. The van der Waals surface area contributed by atoms with Crippen LogP contribution in [0.4, 0.5) is 5.69 Å². The molecule has 1 atom stereocenters. The summed E-state index contributed by atoms with van der Waals surface area (Å²) in [5.41, 5.74) is 1.69. The van der Waals surface area contributed by atoms with Crippen LogP contribution in [-0.2, 0) is 10.0 Å². The highest BCUT2D eigenvalue weighted by Crippen LogP contribution is 2.25. The van der Waals surface area contributed by atoms with Gasteiger partial charge in [0.2, 0.25) is 0 Å². The topological polar surface area (TPSA) is 75.3 Å². The molecule has 5 nitrogen and oxygen atoms in total. The third-order valence-corrected chi connectivity index (χ3v) is 6.01. The summed E-state index contributed by atoms with van der Waals surface area (Å²) in [7, 11) is -3.92. The number of amides is 1. The zero-order valence-electron chi connectivity index (χ0n) is 15.2. The molecule has 0 unspecified atom stereocenters. The third kappa shape index (κ3) is 4.99. The number of hydrogen-bond acceptors (Lipinski definition) is 3. The summed E-state index contributed by atoms with van der Waals surface area (Å²) in [6.45, 7) is 7.80. The molecule has 26 heavy (non-hydrogen) atoms. The molecular formula is C19H23ClN2O3S. The molecule has 0 spiro atoms. The lowest BCUT2D eigenvalue weighted by molar-refractivity contribution is 0.0930. The molecule has 0 heterocycles. The Morgan fingerprint density at radius 2 is 1.65 bits per heavy atom. The number of sulfonamides is 1. The fourth-order valence-electron chi connectivity index (χ4n) is 2.14. The molecule has 0 bridgehead atoms. The van der Waals surface area contributed by atoms with Crippen LogP contribution < -0.4 is 10.0 Å². The van der Waals surface area contributed by atoms with Gasteiger partial charge in [-0.3, -0.25) is 9.52 Å². The first kappa shape index (κ1) is 20.3. The maximum absolute atomic E-state index is 12.7. The van der Waals surface area contributed by atoms with E-state index in [0.29, 0.717) is 5.69 Å². The minimum Gasteiger partial charge on any atom is -0.349 e. The number of aryl methyl sites for hydroxylation is 1. The zero-order valence-corrected chi connectivity index (χ0v) is 16.8. The van der Waals surface area contributed by atoms with Gasteiger partial charge in [0.05, 0.1) is 5.02 Å². The number of hydrogen-bond donors (Lipinski definition) is 2. The Balaban J connectivity index is 2.30. The van der Waals surface area contributed by atoms with Crippen LogP contribution in [0.15, 0.2) is 47.4 Å². The van der Waals surface area contributed by atoms with Crippen molar-refractivity contribution in [3.05, 3.63) is 58.6 Å². The van der Waals surface area contributed by atoms with Gasteiger partial charge in [-0.1, -0.05) is 43.1 Å². The molecule has 1 amide bonds. The Hall–Kier alpha value is -2.05. The zero-order chi connectivity index (χ0) is 19.5. The van der Waals surface area contributed by atoms with Gasteiger partial charge < -0.3 is 5.32 Å². The molecule has 2 rings (SSSR count). The summed E-state index contributed by atoms with van der Waals surface area (Å²) in [4.78, 5) is 12.2. The number of carbonyl (C=O) groups is 1. The van der Waals surface area contributed by atoms with Gasteiger partial charge in [-0.25, -0.2) is 8.42 Å². The molecular weight excluding hydrogens is 372 g/mol. The molecule has 0 radical (unpaired) electrons. The molecule has 0 fully saturated rings. The van der Waals surface area contributed by atoms with Crippen molar-refractivity contribution in [2.75, 3.05) is 4.72 Å². The van der Waals surface area contributed by atoms with E-state index in [0.717, 1.165) is 5.56 Å². The van der Waals surface area contributed by atoms with Gasteiger partial charge in [0.15, 0.2) is 0 Å². The normalized spacial score (nSPS) is 12.7. The average Bonchev–Trinajstić information content (AvgIpc) is 2.56. The predicted molar refractivity (Wildman–Crippen MR) is 105 cm³/mol. The van der Waals surface area contributed by atoms with Crippen LogP contribution in [0.1, 0.15) is 36.7 Å². The first-order chi connectivity index (χ1) is 12.1. The van der Waals surface area contributed by atoms with Crippen LogP contribution in [-0.4, -0.2) is 20.4 Å². The highest BCUT2D eigenvalue weighted by molar-refractivity contribution is 7.92. The molecule has 7 heteroatoms. The van der Waals surface area contributed by atoms with E-state index in [-0.39, 0.29) is 33.3 Å². The van der Waals surface area contributed by atoms with Crippen molar-refractivity contribution in [2.24, 2.45) is 5.92 Å². The van der Waals surface area contributed by atoms with Crippen LogP contribution in [0.2, 0.25) is 5.02 Å². The fraction of sp³-hybridized carbons (Fsp3) is 0.316. The molecule has 0 aromatic heterocycles. The Kier molecular flexibility index (Phi) is 6.31. The van der Waals surface area contributed by atoms with Crippen molar-refractivity contribution < 1.29 is 13.2 Å². The number of halogens is 1. The highest BCUT2D eigenvalue weighted by Gasteiger charge is 2.21. The Morgan fingerprint density at radius 3 is 2.23 bits per heavy atom. The van der Waals surface area contributed by atoms with Crippen molar-refractivity contribution in [1.82, 2.24) is 5.32 Å². The van der Waals surface area contributed by atoms with Gasteiger partial charge in [0.1, 0.15) is 4.90 Å². The molecule has 2 aromatic rings. The van der Waals surface area contributed by atoms with E-state index >= 15 is 0 Å². The summed E-state index contributed by atoms with van der Waals surface area (Å²) in [5, 5.41) is 2.91. The summed E-state index contributed by atoms with van der Waals surface area (Å²) in [6.07, 6.45) is 0. The summed E-state index contributed by atoms with van der Waals surface area (Å²) < 4.78 is 27.9. The van der Waals surface area contributed by atoms with E-state index in [4.69, 9.17) is 11.6 Å². The van der Waals surface area contributed by atoms with E-state index in [1.807, 2.05) is 27.7 Å². The fourth-order valence-corrected chi connectivity index (χ4v) is 3.72. The lowest BCUT2D eigenvalue weighted by Gasteiger charge is -2.18. The number of anilines is 1. The number of carbonyl (C=O) groups excluding carboxylic acids is 1. The first-order valence-electron chi connectivity index (χ1n) is 8.30. The van der Waals surface area contributed by atoms with E-state index in [1.165, 1.54) is 18.2 Å². The second kappa shape index (κ2) is 8.10. The number of rotatable bonds is 6. The SMILES string of the molecule is Cc1ccc(NS(=O)(=O)c2cc(C(=O)N[C@H](C)C(C)C)ccc2Cl)cc1. The van der Waals surface area contributed by atoms with Gasteiger partial charge in [0, 0.05) is 17.3 Å². The van der Waals surface area contributed by atoms with Crippen molar-refractivity contribution >= 4 is 33.2 Å². The summed E-state index contributed by atoms with van der Waals surface area (Å²) >= 11 is 6.08. The summed E-state index contributed by atoms with van der Waals surface area (Å²) in [6, 6.07) is 11.1. The quantitative estimate of drug-likeness (QED) is 0.770. The van der Waals surface area contributed by atoms with E-state index in [9.17, 15) is 13.2 Å². The van der Waals surface area contributed by atoms with Crippen molar-refractivity contribution in [2.45, 2.75) is 38.6 Å². The standard InChI is InChI=1S/C19H23ClN2O3S/c1-12(2)14(4)21-19(23)15-7-10-17(20)18(11-15)26(24,25)22-16-8-5-13(3)6-9-16/h5-12,14,22H,1-4H3,(H,21,23)/t14-/m1/s1. The molecule has 0 aliphatic heterocycles. The van der Waals surface area contributed by atoms with Gasteiger partial charge in [-0.05, 0) is 50.1 Å². The predicted octanol–water partition coefficient (Wildman–Crippen LogP) is 4.22. The minimum atomic E-state index is -3.92. The van der Waals surface area contributed by atoms with Gasteiger partial charge in [0.25, 0.3) is 15.9 Å². The van der Waals surface area contributed by atoms with Crippen LogP contribution in [0.25, 0.3) is 0 Å². The monoisotopic (exact) mass is 394 g/mol. The van der Waals surface area contributed by atoms with Crippen molar-refractivity contribution in [3.8, 4) is 0 Å². The summed E-state index contributed by atoms with van der Waals surface area (Å²) in [5.74, 6) is -0.0766. The van der Waals surface area contributed by atoms with E-state index in [2.05, 4.69) is 10.0 Å². The van der Waals surface area contributed by atoms with Gasteiger partial charge in [-0.2, -0.15) is 0 Å². The Labute approximate surface area is 159 Å². The van der Waals surface area contributed by atoms with Crippen molar-refractivity contribution in [1.29, 1.82) is 0 Å². The van der Waals surface area contributed by atoms with E-state index in [1.54, 1.807) is 24.3 Å². The van der Waals surface area contributed by atoms with Gasteiger partial charge >= 0.3 is 0 Å². The van der Waals surface area contributed by atoms with Crippen LogP contribution >= 0.6 is 11.6 Å². The molecule has 140 valence electrons. The largest absolute Gasteiger partial charge is 0.349 e. The lowest BCUT2D eigenvalue weighted by Crippen LogP contribution is -2.36. The maximum Gasteiger partial charge on any atom is 0.263 e. The molecule has 0 saturated carbocycles. The second-order valence-corrected chi connectivity index (χ2v) is 8.68. The Morgan fingerprint density at radius 1 is 1.04 bits per heavy atom. The molecule has 2 aromatic carbocycles. The molecule has 0 aliphatic rings. The minimum absolute atomic E-state index is 0.0380. The lowest BCUT2D eigenvalue weighted by atomic mass is 10.1. The third-order valence-electron chi connectivity index (χ3n) is 4.15. The average molecular weight is 395 g/mol. The number of nitrogens with one attached hydrogen (secondary N) is 2. The number of benzene rings is 2. The van der Waals surface area contributed by atoms with Crippen LogP contribution in [0.5, 0.6) is 0 Å². The molecule has 2 N–H and O–H groups in total. The van der Waals surface area contributed by atoms with Gasteiger partial charge in [-0.15, -0.1) is 0 Å². The second-order valence-electron chi connectivity index (χ2n) is 6.62. The highest BCUT2D eigenvalue weighted by atomic mass is 35.5. The van der Waals surface area contributed by atoms with Crippen LogP contribution in [0.3, 0.4) is 0 Å². The van der Waals surface area contributed by atoms with E-state index < -0.39 is 10.0 Å². The maximum atomic E-state index is 12.7. The molecule has 0 saturated heterocycles.